The number of aryl methyl sites for hydroxylation is 1. The zero-order valence-electron chi connectivity index (χ0n) is 12.2. The average Bonchev–Trinajstić information content (AvgIpc) is 2.48. The number of aromatic nitrogens is 1. The van der Waals surface area contributed by atoms with Gasteiger partial charge >= 0.3 is 0 Å². The summed E-state index contributed by atoms with van der Waals surface area (Å²) in [6.07, 6.45) is 1.41. The van der Waals surface area contributed by atoms with Crippen LogP contribution >= 0.6 is 0 Å². The summed E-state index contributed by atoms with van der Waals surface area (Å²) >= 11 is 0. The number of hydrogen-bond acceptors (Lipinski definition) is 5. The van der Waals surface area contributed by atoms with Crippen LogP contribution in [0.5, 0.6) is 0 Å². The standard InChI is InChI=1S/C15H16N2O4S/c1-12-7-3-4-9-14(12)17(22(2,19)20)15(21-11-18)13-8-5-6-10-16-13/h3-11,15H,1-2H3. The first-order valence-corrected chi connectivity index (χ1v) is 8.35. The Labute approximate surface area is 129 Å². The molecule has 1 aromatic heterocycles. The second kappa shape index (κ2) is 6.57. The number of sulfonamides is 1. The molecule has 0 aliphatic heterocycles. The third-order valence-corrected chi connectivity index (χ3v) is 4.15. The van der Waals surface area contributed by atoms with E-state index in [4.69, 9.17) is 4.74 Å². The number of anilines is 1. The van der Waals surface area contributed by atoms with Gasteiger partial charge in [0.2, 0.25) is 16.3 Å². The fourth-order valence-electron chi connectivity index (χ4n) is 2.11. The van der Waals surface area contributed by atoms with E-state index in [9.17, 15) is 13.2 Å². The third kappa shape index (κ3) is 3.43. The predicted molar refractivity (Wildman–Crippen MR) is 82.6 cm³/mol. The van der Waals surface area contributed by atoms with Crippen molar-refractivity contribution in [2.24, 2.45) is 0 Å². The SMILES string of the molecule is Cc1ccccc1N(C(OC=O)c1ccccn1)S(C)(=O)=O. The predicted octanol–water partition coefficient (Wildman–Crippen LogP) is 2.03. The molecule has 0 N–H and O–H groups in total. The summed E-state index contributed by atoms with van der Waals surface area (Å²) in [7, 11) is -3.70. The van der Waals surface area contributed by atoms with Crippen LogP contribution in [0.3, 0.4) is 0 Å². The second-order valence-corrected chi connectivity index (χ2v) is 6.54. The van der Waals surface area contributed by atoms with Crippen molar-refractivity contribution in [2.45, 2.75) is 13.2 Å². The lowest BCUT2D eigenvalue weighted by molar-refractivity contribution is -0.133. The Bertz CT molecular complexity index is 747. The van der Waals surface area contributed by atoms with E-state index in [0.29, 0.717) is 11.4 Å². The van der Waals surface area contributed by atoms with Crippen molar-refractivity contribution in [1.82, 2.24) is 4.98 Å². The summed E-state index contributed by atoms with van der Waals surface area (Å²) in [5.41, 5.74) is 1.49. The molecule has 0 saturated carbocycles. The highest BCUT2D eigenvalue weighted by Gasteiger charge is 2.31. The molecule has 0 spiro atoms. The number of ether oxygens (including phenoxy) is 1. The minimum absolute atomic E-state index is 0.218. The van der Waals surface area contributed by atoms with Gasteiger partial charge in [0.1, 0.15) is 5.69 Å². The van der Waals surface area contributed by atoms with Crippen molar-refractivity contribution in [2.75, 3.05) is 10.6 Å². The fourth-order valence-corrected chi connectivity index (χ4v) is 3.18. The lowest BCUT2D eigenvalue weighted by atomic mass is 10.2. The van der Waals surface area contributed by atoms with E-state index in [1.807, 2.05) is 0 Å². The second-order valence-electron chi connectivity index (χ2n) is 4.68. The number of benzene rings is 1. The summed E-state index contributed by atoms with van der Waals surface area (Å²) in [6.45, 7) is 2.00. The van der Waals surface area contributed by atoms with Crippen molar-refractivity contribution < 1.29 is 17.9 Å². The first-order chi connectivity index (χ1) is 10.4. The molecule has 0 saturated heterocycles. The summed E-state index contributed by atoms with van der Waals surface area (Å²) in [6, 6.07) is 11.9. The molecule has 0 fully saturated rings. The van der Waals surface area contributed by atoms with Crippen LogP contribution in [0.15, 0.2) is 48.7 Å². The Morgan fingerprint density at radius 2 is 1.86 bits per heavy atom. The topological polar surface area (TPSA) is 76.6 Å². The maximum Gasteiger partial charge on any atom is 0.295 e. The fraction of sp³-hybridized carbons (Fsp3) is 0.200. The molecule has 7 heteroatoms. The smallest absolute Gasteiger partial charge is 0.295 e. The Balaban J connectivity index is 2.61. The first-order valence-electron chi connectivity index (χ1n) is 6.50. The summed E-state index contributed by atoms with van der Waals surface area (Å²) in [5.74, 6) is 0. The van der Waals surface area contributed by atoms with Gasteiger partial charge in [-0.1, -0.05) is 24.3 Å². The number of hydrogen-bond donors (Lipinski definition) is 0. The van der Waals surface area contributed by atoms with E-state index in [0.717, 1.165) is 16.1 Å². The minimum Gasteiger partial charge on any atom is -0.437 e. The molecule has 0 bridgehead atoms. The molecule has 1 aromatic carbocycles. The number of nitrogens with zero attached hydrogens (tertiary/aromatic N) is 2. The van der Waals surface area contributed by atoms with Gasteiger partial charge in [-0.2, -0.15) is 0 Å². The van der Waals surface area contributed by atoms with Gasteiger partial charge in [-0.15, -0.1) is 0 Å². The monoisotopic (exact) mass is 320 g/mol. The number of carbonyl (C=O) groups is 1. The van der Waals surface area contributed by atoms with Crippen LogP contribution in [-0.4, -0.2) is 26.1 Å². The van der Waals surface area contributed by atoms with Crippen LogP contribution in [0.25, 0.3) is 0 Å². The van der Waals surface area contributed by atoms with Crippen molar-refractivity contribution in [3.63, 3.8) is 0 Å². The molecule has 1 atom stereocenters. The maximum atomic E-state index is 12.3. The summed E-state index contributed by atoms with van der Waals surface area (Å²) < 4.78 is 30.6. The zero-order valence-corrected chi connectivity index (χ0v) is 13.0. The van der Waals surface area contributed by atoms with Gasteiger partial charge in [-0.25, -0.2) is 12.7 Å². The third-order valence-electron chi connectivity index (χ3n) is 3.05. The van der Waals surface area contributed by atoms with E-state index >= 15 is 0 Å². The molecule has 0 aliphatic carbocycles. The molecule has 116 valence electrons. The van der Waals surface area contributed by atoms with Gasteiger partial charge in [-0.3, -0.25) is 9.78 Å². The number of rotatable bonds is 6. The quantitative estimate of drug-likeness (QED) is 0.601. The number of pyridine rings is 1. The Kier molecular flexibility index (Phi) is 4.77. The molecule has 1 unspecified atom stereocenters. The maximum absolute atomic E-state index is 12.3. The number of para-hydroxylation sites is 1. The molecule has 22 heavy (non-hydrogen) atoms. The Morgan fingerprint density at radius 3 is 2.41 bits per heavy atom. The van der Waals surface area contributed by atoms with Gasteiger partial charge in [0.25, 0.3) is 6.47 Å². The van der Waals surface area contributed by atoms with Crippen LogP contribution in [0.1, 0.15) is 17.5 Å². The lowest BCUT2D eigenvalue weighted by Crippen LogP contribution is -2.36. The molecule has 2 rings (SSSR count). The highest BCUT2D eigenvalue weighted by molar-refractivity contribution is 7.92. The highest BCUT2D eigenvalue weighted by Crippen LogP contribution is 2.31. The summed E-state index contributed by atoms with van der Waals surface area (Å²) in [5, 5.41) is 0. The van der Waals surface area contributed by atoms with Crippen LogP contribution in [0, 0.1) is 6.92 Å². The minimum atomic E-state index is -3.70. The average molecular weight is 320 g/mol. The van der Waals surface area contributed by atoms with Crippen molar-refractivity contribution in [3.05, 3.63) is 59.9 Å². The molecular formula is C15H16N2O4S. The highest BCUT2D eigenvalue weighted by atomic mass is 32.2. The van der Waals surface area contributed by atoms with Crippen molar-refractivity contribution in [3.8, 4) is 0 Å². The zero-order chi connectivity index (χ0) is 16.2. The van der Waals surface area contributed by atoms with Crippen molar-refractivity contribution >= 4 is 22.2 Å². The molecule has 6 nitrogen and oxygen atoms in total. The number of carbonyl (C=O) groups excluding carboxylic acids is 1. The van der Waals surface area contributed by atoms with Gasteiger partial charge in [0.05, 0.1) is 11.9 Å². The van der Waals surface area contributed by atoms with Crippen molar-refractivity contribution in [1.29, 1.82) is 0 Å². The largest absolute Gasteiger partial charge is 0.437 e. The van der Waals surface area contributed by atoms with Gasteiger partial charge in [-0.05, 0) is 30.7 Å². The Morgan fingerprint density at radius 1 is 1.18 bits per heavy atom. The van der Waals surface area contributed by atoms with Gasteiger partial charge in [0, 0.05) is 6.20 Å². The van der Waals surface area contributed by atoms with Crippen LogP contribution < -0.4 is 4.31 Å². The van der Waals surface area contributed by atoms with Crippen LogP contribution in [0.2, 0.25) is 0 Å². The molecular weight excluding hydrogens is 304 g/mol. The van der Waals surface area contributed by atoms with E-state index in [-0.39, 0.29) is 6.47 Å². The Hall–Kier alpha value is -2.41. The molecule has 2 aromatic rings. The van der Waals surface area contributed by atoms with Crippen LogP contribution in [0.4, 0.5) is 5.69 Å². The summed E-state index contributed by atoms with van der Waals surface area (Å²) in [4.78, 5) is 15.0. The van der Waals surface area contributed by atoms with E-state index in [1.165, 1.54) is 6.20 Å². The van der Waals surface area contributed by atoms with Gasteiger partial charge < -0.3 is 4.74 Å². The van der Waals surface area contributed by atoms with E-state index in [1.54, 1.807) is 49.4 Å². The van der Waals surface area contributed by atoms with E-state index in [2.05, 4.69) is 4.98 Å². The molecule has 1 heterocycles. The van der Waals surface area contributed by atoms with Gasteiger partial charge in [0.15, 0.2) is 0 Å². The molecule has 0 amide bonds. The van der Waals surface area contributed by atoms with E-state index < -0.39 is 16.3 Å². The lowest BCUT2D eigenvalue weighted by Gasteiger charge is -2.30. The first kappa shape index (κ1) is 16.0. The molecule has 0 aliphatic rings. The molecule has 0 radical (unpaired) electrons. The van der Waals surface area contributed by atoms with Crippen LogP contribution in [-0.2, 0) is 19.6 Å². The normalized spacial score (nSPS) is 12.5.